The molecule has 1 aromatic heterocycles. The summed E-state index contributed by atoms with van der Waals surface area (Å²) in [6, 6.07) is 9.79. The highest BCUT2D eigenvalue weighted by molar-refractivity contribution is 7.85. The maximum absolute atomic E-state index is 5.55. The normalized spacial score (nSPS) is 9.56. The fourth-order valence-electron chi connectivity index (χ4n) is 1.42. The monoisotopic (exact) mass is 229 g/mol. The van der Waals surface area contributed by atoms with E-state index in [-0.39, 0.29) is 0 Å². The third-order valence-corrected chi connectivity index (χ3v) is 2.31. The average Bonchev–Trinajstić information content (AvgIpc) is 2.34. The molecule has 0 bridgehead atoms. The largest absolute Gasteiger partial charge is 0.493 e. The van der Waals surface area contributed by atoms with Crippen molar-refractivity contribution in [3.05, 3.63) is 36.5 Å². The molecule has 0 amide bonds. The highest BCUT2D eigenvalue weighted by atomic mass is 32.1. The van der Waals surface area contributed by atoms with E-state index in [9.17, 15) is 0 Å². The second kappa shape index (κ2) is 5.43. The summed E-state index contributed by atoms with van der Waals surface area (Å²) in [6.07, 6.45) is 2.47. The predicted molar refractivity (Wildman–Crippen MR) is 68.6 cm³/mol. The van der Waals surface area contributed by atoms with Crippen LogP contribution < -0.4 is 4.74 Å². The number of ether oxygens (including phenoxy) is 1. The number of benzene rings is 1. The Labute approximate surface area is 100 Å². The van der Waals surface area contributed by atoms with Crippen molar-refractivity contribution in [2.45, 2.75) is 6.42 Å². The quantitative estimate of drug-likeness (QED) is 0.496. The highest BCUT2D eigenvalue weighted by Crippen LogP contribution is 2.18. The van der Waals surface area contributed by atoms with E-state index in [2.05, 4.69) is 28.8 Å². The first-order chi connectivity index (χ1) is 7.90. The van der Waals surface area contributed by atoms with Gasteiger partial charge in [-0.15, -0.1) is 0 Å². The van der Waals surface area contributed by atoms with Crippen LogP contribution in [0.15, 0.2) is 36.5 Å². The van der Waals surface area contributed by atoms with Crippen LogP contribution in [-0.4, -0.2) is 11.6 Å². The number of nitrogens with zero attached hydrogens (tertiary/aromatic N) is 1. The molecule has 0 aliphatic rings. The predicted octanol–water partition coefficient (Wildman–Crippen LogP) is 2.89. The van der Waals surface area contributed by atoms with E-state index in [1.807, 2.05) is 30.3 Å². The highest BCUT2D eigenvalue weighted by Gasteiger charge is 1.96. The van der Waals surface area contributed by atoms with Gasteiger partial charge in [-0.05, 0) is 29.5 Å². The Morgan fingerprint density at radius 3 is 3.12 bits per heavy atom. The first kappa shape index (κ1) is 10.8. The topological polar surface area (TPSA) is 22.1 Å². The molecule has 2 aromatic rings. The number of hydrogen-bond donors (Lipinski definition) is 1. The van der Waals surface area contributed by atoms with Crippen molar-refractivity contribution < 1.29 is 4.74 Å². The van der Waals surface area contributed by atoms with Crippen LogP contribution in [0, 0.1) is 11.2 Å². The zero-order chi connectivity index (χ0) is 11.2. The molecule has 0 radical (unpaired) electrons. The van der Waals surface area contributed by atoms with Gasteiger partial charge < -0.3 is 4.74 Å². The van der Waals surface area contributed by atoms with Gasteiger partial charge in [-0.25, -0.2) is 0 Å². The molecule has 0 unspecified atom stereocenters. The van der Waals surface area contributed by atoms with Crippen molar-refractivity contribution in [1.29, 1.82) is 0 Å². The third kappa shape index (κ3) is 2.68. The van der Waals surface area contributed by atoms with Gasteiger partial charge in [-0.2, -0.15) is 0 Å². The van der Waals surface area contributed by atoms with Gasteiger partial charge in [0.05, 0.1) is 12.1 Å². The molecule has 0 fully saturated rings. The maximum Gasteiger partial charge on any atom is 0.120 e. The fourth-order valence-corrected chi connectivity index (χ4v) is 1.53. The summed E-state index contributed by atoms with van der Waals surface area (Å²) in [5, 5.41) is 3.62. The Kier molecular flexibility index (Phi) is 3.68. The lowest BCUT2D eigenvalue weighted by molar-refractivity contribution is 0.327. The molecule has 2 rings (SSSR count). The van der Waals surface area contributed by atoms with Gasteiger partial charge in [0.25, 0.3) is 0 Å². The Morgan fingerprint density at radius 1 is 1.31 bits per heavy atom. The van der Waals surface area contributed by atoms with Gasteiger partial charge in [-0.1, -0.05) is 24.6 Å². The molecular formula is C13H11NOS. The summed E-state index contributed by atoms with van der Waals surface area (Å²) in [5.41, 5.74) is 0.977. The van der Waals surface area contributed by atoms with Crippen LogP contribution in [0.25, 0.3) is 10.9 Å². The van der Waals surface area contributed by atoms with Crippen LogP contribution in [0.1, 0.15) is 6.42 Å². The molecule has 0 atom stereocenters. The van der Waals surface area contributed by atoms with Gasteiger partial charge in [0.15, 0.2) is 0 Å². The Balaban J connectivity index is 2.09. The number of rotatable bonds is 3. The lowest BCUT2D eigenvalue weighted by Crippen LogP contribution is -1.95. The van der Waals surface area contributed by atoms with Crippen LogP contribution in [0.2, 0.25) is 0 Å². The Hall–Kier alpha value is -1.66. The molecule has 0 N–H and O–H groups in total. The number of aromatic nitrogens is 1. The smallest absolute Gasteiger partial charge is 0.120 e. The molecule has 16 heavy (non-hydrogen) atoms. The van der Waals surface area contributed by atoms with Crippen LogP contribution in [-0.2, 0) is 0 Å². The summed E-state index contributed by atoms with van der Waals surface area (Å²) in [5.74, 6) is 3.68. The molecule has 0 aliphatic heterocycles. The van der Waals surface area contributed by atoms with Crippen LogP contribution >= 0.6 is 12.6 Å². The molecule has 3 heteroatoms. The van der Waals surface area contributed by atoms with Crippen molar-refractivity contribution in [2.24, 2.45) is 0 Å². The van der Waals surface area contributed by atoms with Crippen LogP contribution in [0.4, 0.5) is 0 Å². The zero-order valence-corrected chi connectivity index (χ0v) is 9.58. The van der Waals surface area contributed by atoms with E-state index < -0.39 is 0 Å². The van der Waals surface area contributed by atoms with Crippen LogP contribution in [0.3, 0.4) is 0 Å². The number of fused-ring (bicyclic) bond motifs is 1. The van der Waals surface area contributed by atoms with Crippen molar-refractivity contribution in [2.75, 3.05) is 6.61 Å². The van der Waals surface area contributed by atoms with E-state index >= 15 is 0 Å². The summed E-state index contributed by atoms with van der Waals surface area (Å²) in [7, 11) is 0. The van der Waals surface area contributed by atoms with E-state index in [0.717, 1.165) is 16.7 Å². The molecule has 1 heterocycles. The molecule has 0 saturated heterocycles. The van der Waals surface area contributed by atoms with E-state index in [4.69, 9.17) is 4.74 Å². The molecule has 0 saturated carbocycles. The maximum atomic E-state index is 5.55. The van der Waals surface area contributed by atoms with Crippen molar-refractivity contribution in [1.82, 2.24) is 4.98 Å². The van der Waals surface area contributed by atoms with Crippen LogP contribution in [0.5, 0.6) is 5.75 Å². The SMILES string of the molecule is SC#CCCOc1ccc2ncccc2c1. The Bertz CT molecular complexity index is 542. The van der Waals surface area contributed by atoms with Gasteiger partial charge in [0.1, 0.15) is 5.75 Å². The van der Waals surface area contributed by atoms with E-state index in [0.29, 0.717) is 13.0 Å². The van der Waals surface area contributed by atoms with Gasteiger partial charge in [0.2, 0.25) is 0 Å². The summed E-state index contributed by atoms with van der Waals surface area (Å²) in [4.78, 5) is 4.24. The van der Waals surface area contributed by atoms with Crippen molar-refractivity contribution in [3.8, 4) is 16.9 Å². The first-order valence-corrected chi connectivity index (χ1v) is 5.44. The molecule has 80 valence electrons. The molecule has 1 aromatic carbocycles. The molecular weight excluding hydrogens is 218 g/mol. The molecule has 0 spiro atoms. The number of pyridine rings is 1. The second-order valence-electron chi connectivity index (χ2n) is 3.24. The molecule has 2 nitrogen and oxygen atoms in total. The minimum atomic E-state index is 0.583. The summed E-state index contributed by atoms with van der Waals surface area (Å²) >= 11 is 3.80. The minimum absolute atomic E-state index is 0.583. The Morgan fingerprint density at radius 2 is 2.25 bits per heavy atom. The fraction of sp³-hybridized carbons (Fsp3) is 0.154. The molecule has 0 aliphatic carbocycles. The summed E-state index contributed by atoms with van der Waals surface area (Å²) < 4.78 is 5.55. The lowest BCUT2D eigenvalue weighted by atomic mass is 10.2. The number of thiol groups is 1. The first-order valence-electron chi connectivity index (χ1n) is 5.00. The van der Waals surface area contributed by atoms with E-state index in [1.54, 1.807) is 6.20 Å². The van der Waals surface area contributed by atoms with Gasteiger partial charge in [-0.3, -0.25) is 4.98 Å². The van der Waals surface area contributed by atoms with E-state index in [1.165, 1.54) is 0 Å². The standard InChI is InChI=1S/C13H11NOS/c16-9-2-1-8-15-12-5-6-13-11(10-12)4-3-7-14-13/h3-7,10,16H,1,8H2. The van der Waals surface area contributed by atoms with Gasteiger partial charge in [0, 0.05) is 18.0 Å². The summed E-state index contributed by atoms with van der Waals surface area (Å²) in [6.45, 7) is 0.583. The third-order valence-electron chi connectivity index (χ3n) is 2.15. The zero-order valence-electron chi connectivity index (χ0n) is 8.68. The second-order valence-corrected chi connectivity index (χ2v) is 3.47. The number of hydrogen-bond acceptors (Lipinski definition) is 3. The van der Waals surface area contributed by atoms with Crippen molar-refractivity contribution >= 4 is 23.5 Å². The van der Waals surface area contributed by atoms with Crippen molar-refractivity contribution in [3.63, 3.8) is 0 Å². The lowest BCUT2D eigenvalue weighted by Gasteiger charge is -2.04. The minimum Gasteiger partial charge on any atom is -0.493 e. The van der Waals surface area contributed by atoms with Gasteiger partial charge >= 0.3 is 0 Å². The average molecular weight is 229 g/mol.